The first-order valence-electron chi connectivity index (χ1n) is 5.44. The molecule has 88 valence electrons. The summed E-state index contributed by atoms with van der Waals surface area (Å²) in [5.74, 6) is 1.72. The monoisotopic (exact) mass is 227 g/mol. The molecule has 0 radical (unpaired) electrons. The Kier molecular flexibility index (Phi) is 5.50. The quantitative estimate of drug-likeness (QED) is 0.696. The molecule has 1 nitrogen and oxygen atoms in total. The lowest BCUT2D eigenvalue weighted by molar-refractivity contribution is 0.762. The van der Waals surface area contributed by atoms with Crippen molar-refractivity contribution in [3.05, 3.63) is 15.6 Å². The second-order valence-corrected chi connectivity index (χ2v) is 5.83. The van der Waals surface area contributed by atoms with E-state index < -0.39 is 0 Å². The molecular weight excluding hydrogens is 202 g/mol. The second kappa shape index (κ2) is 5.64. The highest BCUT2D eigenvalue weighted by Gasteiger charge is 2.17. The Morgan fingerprint density at radius 1 is 0.867 bits per heavy atom. The molecule has 1 rings (SSSR count). The Morgan fingerprint density at radius 2 is 1.40 bits per heavy atom. The molecule has 0 spiro atoms. The zero-order valence-electron chi connectivity index (χ0n) is 10.1. The number of thiazole rings is 1. The van der Waals surface area contributed by atoms with Crippen LogP contribution in [0.3, 0.4) is 0 Å². The molecule has 1 aromatic heterocycles. The fourth-order valence-corrected chi connectivity index (χ4v) is 2.66. The van der Waals surface area contributed by atoms with Crippen LogP contribution in [0, 0.1) is 0 Å². The van der Waals surface area contributed by atoms with Crippen LogP contribution in [0.25, 0.3) is 0 Å². The van der Waals surface area contributed by atoms with E-state index in [1.54, 1.807) is 0 Å². The van der Waals surface area contributed by atoms with Gasteiger partial charge in [-0.05, 0) is 11.8 Å². The lowest BCUT2D eigenvalue weighted by Gasteiger charge is -2.07. The van der Waals surface area contributed by atoms with Crippen LogP contribution in [0.15, 0.2) is 0 Å². The van der Waals surface area contributed by atoms with Crippen LogP contribution in [0.1, 0.15) is 82.3 Å². The molecule has 0 amide bonds. The van der Waals surface area contributed by atoms with E-state index in [0.717, 1.165) is 0 Å². The van der Waals surface area contributed by atoms with Crippen molar-refractivity contribution in [2.45, 2.75) is 66.7 Å². The topological polar surface area (TPSA) is 12.9 Å². The summed E-state index contributed by atoms with van der Waals surface area (Å²) in [6, 6.07) is 0. The molecule has 0 bridgehead atoms. The lowest BCUT2D eigenvalue weighted by Crippen LogP contribution is -1.95. The Bertz CT molecular complexity index is 272. The van der Waals surface area contributed by atoms with Gasteiger partial charge in [-0.15, -0.1) is 11.3 Å². The van der Waals surface area contributed by atoms with Crippen molar-refractivity contribution in [2.24, 2.45) is 0 Å². The molecule has 0 aliphatic heterocycles. The summed E-state index contributed by atoms with van der Waals surface area (Å²) in [5.41, 5.74) is 1.31. The predicted molar refractivity (Wildman–Crippen MR) is 71.1 cm³/mol. The summed E-state index contributed by atoms with van der Waals surface area (Å²) in [5, 5.41) is 1.29. The van der Waals surface area contributed by atoms with Gasteiger partial charge < -0.3 is 0 Å². The van der Waals surface area contributed by atoms with Crippen LogP contribution >= 0.6 is 11.3 Å². The fraction of sp³-hybridized carbons (Fsp3) is 0.769. The molecule has 0 saturated carbocycles. The van der Waals surface area contributed by atoms with Gasteiger partial charge in [-0.25, -0.2) is 4.98 Å². The van der Waals surface area contributed by atoms with Gasteiger partial charge in [0, 0.05) is 10.8 Å². The molecule has 1 aromatic rings. The highest BCUT2D eigenvalue weighted by atomic mass is 32.1. The van der Waals surface area contributed by atoms with Crippen LogP contribution < -0.4 is 0 Å². The van der Waals surface area contributed by atoms with Gasteiger partial charge >= 0.3 is 0 Å². The largest absolute Gasteiger partial charge is 0.245 e. The molecule has 1 heterocycles. The minimum atomic E-state index is 0. The summed E-state index contributed by atoms with van der Waals surface area (Å²) in [7, 11) is 0. The molecule has 0 saturated heterocycles. The van der Waals surface area contributed by atoms with Crippen molar-refractivity contribution in [3.8, 4) is 0 Å². The zero-order valence-corrected chi connectivity index (χ0v) is 10.9. The Labute approximate surface area is 98.9 Å². The van der Waals surface area contributed by atoms with Crippen molar-refractivity contribution in [1.82, 2.24) is 4.98 Å². The van der Waals surface area contributed by atoms with Crippen molar-refractivity contribution in [2.75, 3.05) is 0 Å². The molecule has 0 unspecified atom stereocenters. The van der Waals surface area contributed by atoms with Crippen LogP contribution in [0.2, 0.25) is 0 Å². The standard InChI is InChI=1S/C12H21NS.CH4/c1-7(2)10-11(8(3)4)14-12(13-10)9(5)6;/h7-9H,1-6H3;1H4. The van der Waals surface area contributed by atoms with E-state index in [-0.39, 0.29) is 7.43 Å². The normalized spacial score (nSPS) is 11.3. The number of hydrogen-bond donors (Lipinski definition) is 0. The smallest absolute Gasteiger partial charge is 0.0956 e. The van der Waals surface area contributed by atoms with Crippen molar-refractivity contribution < 1.29 is 0 Å². The van der Waals surface area contributed by atoms with Crippen LogP contribution in [-0.2, 0) is 0 Å². The van der Waals surface area contributed by atoms with E-state index in [4.69, 9.17) is 4.98 Å². The van der Waals surface area contributed by atoms with E-state index >= 15 is 0 Å². The van der Waals surface area contributed by atoms with Gasteiger partial charge in [0.1, 0.15) is 0 Å². The predicted octanol–water partition coefficient (Wildman–Crippen LogP) is 5.15. The molecule has 0 aliphatic rings. The maximum atomic E-state index is 4.75. The second-order valence-electron chi connectivity index (χ2n) is 4.77. The highest BCUT2D eigenvalue weighted by molar-refractivity contribution is 7.11. The molecule has 15 heavy (non-hydrogen) atoms. The minimum absolute atomic E-state index is 0. The molecule has 0 aromatic carbocycles. The average molecular weight is 227 g/mol. The maximum Gasteiger partial charge on any atom is 0.0956 e. The summed E-state index contributed by atoms with van der Waals surface area (Å²) in [6.45, 7) is 13.4. The van der Waals surface area contributed by atoms with E-state index in [2.05, 4.69) is 41.5 Å². The third kappa shape index (κ3) is 3.30. The van der Waals surface area contributed by atoms with Gasteiger partial charge in [0.25, 0.3) is 0 Å². The summed E-state index contributed by atoms with van der Waals surface area (Å²) < 4.78 is 0. The molecular formula is C13H25NS. The first kappa shape index (κ1) is 14.6. The van der Waals surface area contributed by atoms with Crippen molar-refractivity contribution in [3.63, 3.8) is 0 Å². The van der Waals surface area contributed by atoms with Crippen molar-refractivity contribution >= 4 is 11.3 Å². The van der Waals surface area contributed by atoms with Gasteiger partial charge in [-0.2, -0.15) is 0 Å². The fourth-order valence-electron chi connectivity index (χ4n) is 1.44. The third-order valence-electron chi connectivity index (χ3n) is 2.26. The minimum Gasteiger partial charge on any atom is -0.245 e. The van der Waals surface area contributed by atoms with Gasteiger partial charge in [0.2, 0.25) is 0 Å². The van der Waals surface area contributed by atoms with E-state index in [1.807, 2.05) is 11.3 Å². The van der Waals surface area contributed by atoms with Gasteiger partial charge in [0.15, 0.2) is 0 Å². The van der Waals surface area contributed by atoms with Crippen molar-refractivity contribution in [1.29, 1.82) is 0 Å². The number of aromatic nitrogens is 1. The Morgan fingerprint density at radius 3 is 1.67 bits per heavy atom. The van der Waals surface area contributed by atoms with E-state index in [0.29, 0.717) is 17.8 Å². The van der Waals surface area contributed by atoms with Crippen LogP contribution in [-0.4, -0.2) is 4.98 Å². The first-order chi connectivity index (χ1) is 6.43. The van der Waals surface area contributed by atoms with Crippen LogP contribution in [0.5, 0.6) is 0 Å². The highest BCUT2D eigenvalue weighted by Crippen LogP contribution is 2.33. The molecule has 0 N–H and O–H groups in total. The molecule has 0 fully saturated rings. The SMILES string of the molecule is C.CC(C)c1nc(C(C)C)c(C(C)C)s1. The number of rotatable bonds is 3. The third-order valence-corrected chi connectivity index (χ3v) is 3.94. The van der Waals surface area contributed by atoms with E-state index in [1.165, 1.54) is 15.6 Å². The maximum absolute atomic E-state index is 4.75. The zero-order chi connectivity index (χ0) is 10.9. The van der Waals surface area contributed by atoms with Crippen LogP contribution in [0.4, 0.5) is 0 Å². The molecule has 2 heteroatoms. The summed E-state index contributed by atoms with van der Waals surface area (Å²) in [6.07, 6.45) is 0. The van der Waals surface area contributed by atoms with E-state index in [9.17, 15) is 0 Å². The summed E-state index contributed by atoms with van der Waals surface area (Å²) in [4.78, 5) is 6.22. The van der Waals surface area contributed by atoms with Gasteiger partial charge in [-0.1, -0.05) is 49.0 Å². The number of nitrogens with zero attached hydrogens (tertiary/aromatic N) is 1. The van der Waals surface area contributed by atoms with Gasteiger partial charge in [0.05, 0.1) is 10.7 Å². The Balaban J connectivity index is 0.00000196. The molecule has 0 aliphatic carbocycles. The van der Waals surface area contributed by atoms with Gasteiger partial charge in [-0.3, -0.25) is 0 Å². The first-order valence-corrected chi connectivity index (χ1v) is 6.25. The summed E-state index contributed by atoms with van der Waals surface area (Å²) >= 11 is 1.89. The average Bonchev–Trinajstić information content (AvgIpc) is 2.47. The number of hydrogen-bond acceptors (Lipinski definition) is 2. The lowest BCUT2D eigenvalue weighted by atomic mass is 10.0. The Hall–Kier alpha value is -0.370. The molecule has 0 atom stereocenters.